The Hall–Kier alpha value is -1.59. The molecular formula is C16H22ClN3O2. The lowest BCUT2D eigenvalue weighted by molar-refractivity contribution is -0.131. The number of carbonyl (C=O) groups is 2. The molecule has 2 amide bonds. The molecule has 1 fully saturated rings. The predicted octanol–water partition coefficient (Wildman–Crippen LogP) is 1.75. The van der Waals surface area contributed by atoms with E-state index in [1.165, 1.54) is 0 Å². The summed E-state index contributed by atoms with van der Waals surface area (Å²) in [6.07, 6.45) is 2.00. The van der Waals surface area contributed by atoms with Gasteiger partial charge in [-0.2, -0.15) is 0 Å². The molecule has 2 rings (SSSR count). The molecule has 1 aliphatic heterocycles. The Morgan fingerprint density at radius 3 is 2.36 bits per heavy atom. The number of halogens is 1. The highest BCUT2D eigenvalue weighted by Gasteiger charge is 2.22. The summed E-state index contributed by atoms with van der Waals surface area (Å²) in [5, 5.41) is 0.615. The number of hydrogen-bond acceptors (Lipinski definition) is 3. The van der Waals surface area contributed by atoms with Crippen LogP contribution in [0.5, 0.6) is 0 Å². The quantitative estimate of drug-likeness (QED) is 0.918. The molecule has 1 saturated heterocycles. The first kappa shape index (κ1) is 16.8. The van der Waals surface area contributed by atoms with E-state index < -0.39 is 0 Å². The van der Waals surface area contributed by atoms with Crippen molar-refractivity contribution in [3.63, 3.8) is 0 Å². The van der Waals surface area contributed by atoms with Gasteiger partial charge in [0.15, 0.2) is 0 Å². The Bertz CT molecular complexity index is 519. The molecule has 0 bridgehead atoms. The Kier molecular flexibility index (Phi) is 6.21. The van der Waals surface area contributed by atoms with Gasteiger partial charge in [0.2, 0.25) is 5.91 Å². The zero-order valence-electron chi connectivity index (χ0n) is 12.6. The molecule has 0 unspecified atom stereocenters. The fraction of sp³-hybridized carbons (Fsp3) is 0.500. The fourth-order valence-corrected chi connectivity index (χ4v) is 2.68. The van der Waals surface area contributed by atoms with E-state index in [2.05, 4.69) is 0 Å². The van der Waals surface area contributed by atoms with Crippen LogP contribution < -0.4 is 5.73 Å². The molecule has 2 N–H and O–H groups in total. The standard InChI is InChI=1S/C16H22ClN3O2/c17-14-6-4-13(5-7-14)16(22)20-10-2-9-19(11-12-20)15(21)3-1-8-18/h4-7H,1-3,8-12,18H2. The number of amides is 2. The third kappa shape index (κ3) is 4.45. The number of nitrogens with two attached hydrogens (primary N) is 1. The molecule has 120 valence electrons. The largest absolute Gasteiger partial charge is 0.341 e. The SMILES string of the molecule is NCCCC(=O)N1CCCN(C(=O)c2ccc(Cl)cc2)CC1. The van der Waals surface area contributed by atoms with Gasteiger partial charge in [-0.25, -0.2) is 0 Å². The Morgan fingerprint density at radius 1 is 1.05 bits per heavy atom. The van der Waals surface area contributed by atoms with Gasteiger partial charge in [-0.1, -0.05) is 11.6 Å². The zero-order chi connectivity index (χ0) is 15.9. The van der Waals surface area contributed by atoms with Crippen LogP contribution in [0.2, 0.25) is 5.02 Å². The fourth-order valence-electron chi connectivity index (χ4n) is 2.56. The van der Waals surface area contributed by atoms with E-state index in [1.54, 1.807) is 29.2 Å². The normalized spacial score (nSPS) is 15.5. The van der Waals surface area contributed by atoms with Gasteiger partial charge in [0, 0.05) is 43.2 Å². The lowest BCUT2D eigenvalue weighted by atomic mass is 10.2. The molecule has 6 heteroatoms. The van der Waals surface area contributed by atoms with E-state index in [0.29, 0.717) is 56.2 Å². The van der Waals surface area contributed by atoms with Crippen LogP contribution in [0.1, 0.15) is 29.6 Å². The number of hydrogen-bond donors (Lipinski definition) is 1. The first-order valence-corrected chi connectivity index (χ1v) is 8.02. The predicted molar refractivity (Wildman–Crippen MR) is 86.8 cm³/mol. The van der Waals surface area contributed by atoms with Crippen molar-refractivity contribution in [1.82, 2.24) is 9.80 Å². The van der Waals surface area contributed by atoms with Crippen molar-refractivity contribution in [1.29, 1.82) is 0 Å². The van der Waals surface area contributed by atoms with E-state index in [4.69, 9.17) is 17.3 Å². The van der Waals surface area contributed by atoms with Crippen molar-refractivity contribution in [3.8, 4) is 0 Å². The minimum atomic E-state index is -0.00655. The van der Waals surface area contributed by atoms with E-state index in [0.717, 1.165) is 6.42 Å². The summed E-state index contributed by atoms with van der Waals surface area (Å²) in [6.45, 7) is 3.05. The van der Waals surface area contributed by atoms with Gasteiger partial charge in [0.25, 0.3) is 5.91 Å². The minimum Gasteiger partial charge on any atom is -0.341 e. The monoisotopic (exact) mass is 323 g/mol. The van der Waals surface area contributed by atoms with E-state index in [-0.39, 0.29) is 11.8 Å². The molecular weight excluding hydrogens is 302 g/mol. The second kappa shape index (κ2) is 8.15. The van der Waals surface area contributed by atoms with Crippen LogP contribution in [0.4, 0.5) is 0 Å². The number of benzene rings is 1. The van der Waals surface area contributed by atoms with Crippen molar-refractivity contribution in [3.05, 3.63) is 34.9 Å². The third-order valence-electron chi connectivity index (χ3n) is 3.82. The topological polar surface area (TPSA) is 66.6 Å². The molecule has 1 aromatic carbocycles. The highest BCUT2D eigenvalue weighted by atomic mass is 35.5. The highest BCUT2D eigenvalue weighted by Crippen LogP contribution is 2.13. The maximum absolute atomic E-state index is 12.5. The van der Waals surface area contributed by atoms with Crippen molar-refractivity contribution in [2.24, 2.45) is 5.73 Å². The summed E-state index contributed by atoms with van der Waals surface area (Å²) in [7, 11) is 0. The molecule has 0 spiro atoms. The Labute approximate surface area is 136 Å². The summed E-state index contributed by atoms with van der Waals surface area (Å²) >= 11 is 5.85. The molecule has 1 aliphatic rings. The maximum atomic E-state index is 12.5. The molecule has 1 heterocycles. The first-order valence-electron chi connectivity index (χ1n) is 7.64. The minimum absolute atomic E-state index is 0.00655. The molecule has 1 aromatic rings. The van der Waals surface area contributed by atoms with Crippen molar-refractivity contribution in [2.45, 2.75) is 19.3 Å². The molecule has 0 saturated carbocycles. The first-order chi connectivity index (χ1) is 10.6. The van der Waals surface area contributed by atoms with E-state index in [1.807, 2.05) is 4.90 Å². The third-order valence-corrected chi connectivity index (χ3v) is 4.07. The smallest absolute Gasteiger partial charge is 0.253 e. The van der Waals surface area contributed by atoms with Crippen LogP contribution in [0.3, 0.4) is 0 Å². The molecule has 0 radical (unpaired) electrons. The summed E-state index contributed by atoms with van der Waals surface area (Å²) in [5.41, 5.74) is 6.07. The average molecular weight is 324 g/mol. The lowest BCUT2D eigenvalue weighted by Crippen LogP contribution is -2.37. The zero-order valence-corrected chi connectivity index (χ0v) is 13.4. The van der Waals surface area contributed by atoms with E-state index >= 15 is 0 Å². The molecule has 22 heavy (non-hydrogen) atoms. The van der Waals surface area contributed by atoms with Crippen molar-refractivity contribution >= 4 is 23.4 Å². The summed E-state index contributed by atoms with van der Waals surface area (Å²) in [6, 6.07) is 6.91. The Balaban J connectivity index is 1.93. The Morgan fingerprint density at radius 2 is 1.68 bits per heavy atom. The van der Waals surface area contributed by atoms with Crippen LogP contribution in [-0.4, -0.2) is 54.3 Å². The number of rotatable bonds is 4. The summed E-state index contributed by atoms with van der Waals surface area (Å²) in [5.74, 6) is 0.124. The summed E-state index contributed by atoms with van der Waals surface area (Å²) < 4.78 is 0. The van der Waals surface area contributed by atoms with Crippen LogP contribution in [-0.2, 0) is 4.79 Å². The van der Waals surface area contributed by atoms with Crippen LogP contribution in [0.25, 0.3) is 0 Å². The second-order valence-corrected chi connectivity index (χ2v) is 5.86. The second-order valence-electron chi connectivity index (χ2n) is 5.43. The van der Waals surface area contributed by atoms with Crippen molar-refractivity contribution < 1.29 is 9.59 Å². The van der Waals surface area contributed by atoms with E-state index in [9.17, 15) is 9.59 Å². The average Bonchev–Trinajstić information content (AvgIpc) is 2.78. The van der Waals surface area contributed by atoms with Gasteiger partial charge >= 0.3 is 0 Å². The molecule has 0 atom stereocenters. The molecule has 0 aromatic heterocycles. The molecule has 5 nitrogen and oxygen atoms in total. The highest BCUT2D eigenvalue weighted by molar-refractivity contribution is 6.30. The molecule has 0 aliphatic carbocycles. The van der Waals surface area contributed by atoms with Gasteiger partial charge < -0.3 is 15.5 Å². The van der Waals surface area contributed by atoms with Gasteiger partial charge in [-0.15, -0.1) is 0 Å². The lowest BCUT2D eigenvalue weighted by Gasteiger charge is -2.22. The van der Waals surface area contributed by atoms with Crippen LogP contribution >= 0.6 is 11.6 Å². The van der Waals surface area contributed by atoms with Crippen LogP contribution in [0, 0.1) is 0 Å². The number of carbonyl (C=O) groups excluding carboxylic acids is 2. The van der Waals surface area contributed by atoms with Gasteiger partial charge in [0.05, 0.1) is 0 Å². The van der Waals surface area contributed by atoms with Gasteiger partial charge in [-0.3, -0.25) is 9.59 Å². The van der Waals surface area contributed by atoms with Gasteiger partial charge in [0.1, 0.15) is 0 Å². The van der Waals surface area contributed by atoms with Crippen LogP contribution in [0.15, 0.2) is 24.3 Å². The summed E-state index contributed by atoms with van der Waals surface area (Å²) in [4.78, 5) is 28.2. The van der Waals surface area contributed by atoms with Crippen molar-refractivity contribution in [2.75, 3.05) is 32.7 Å². The maximum Gasteiger partial charge on any atom is 0.253 e. The van der Waals surface area contributed by atoms with Gasteiger partial charge in [-0.05, 0) is 43.7 Å². The number of nitrogens with zero attached hydrogens (tertiary/aromatic N) is 2.